The van der Waals surface area contributed by atoms with Crippen LogP contribution in [0, 0.1) is 5.41 Å². The molecule has 1 aromatic carbocycles. The minimum absolute atomic E-state index is 0.105. The molecule has 1 fully saturated rings. The zero-order valence-corrected chi connectivity index (χ0v) is 12.1. The van der Waals surface area contributed by atoms with Crippen molar-refractivity contribution < 1.29 is 4.79 Å². The Morgan fingerprint density at radius 3 is 3.00 bits per heavy atom. The lowest BCUT2D eigenvalue weighted by Gasteiger charge is -2.23. The fourth-order valence-corrected chi connectivity index (χ4v) is 2.81. The molecule has 1 aliphatic rings. The third kappa shape index (κ3) is 3.01. The summed E-state index contributed by atoms with van der Waals surface area (Å²) in [5.41, 5.74) is 7.21. The molecule has 1 heterocycles. The number of carbonyl (C=O) groups excluding carboxylic acids is 1. The lowest BCUT2D eigenvalue weighted by molar-refractivity contribution is -0.129. The van der Waals surface area contributed by atoms with E-state index in [2.05, 4.69) is 10.2 Å². The number of nitrogens with one attached hydrogen (secondary N) is 1. The molecule has 19 heavy (non-hydrogen) atoms. The van der Waals surface area contributed by atoms with E-state index < -0.39 is 0 Å². The topological polar surface area (TPSA) is 58.4 Å². The Labute approximate surface area is 118 Å². The molecule has 1 amide bonds. The van der Waals surface area contributed by atoms with Crippen molar-refractivity contribution >= 4 is 23.2 Å². The number of nitrogens with two attached hydrogens (primary N) is 1. The first kappa shape index (κ1) is 14.2. The van der Waals surface area contributed by atoms with Crippen LogP contribution in [-0.4, -0.2) is 30.9 Å². The Morgan fingerprint density at radius 2 is 2.32 bits per heavy atom. The first-order valence-electron chi connectivity index (χ1n) is 6.43. The Balaban J connectivity index is 2.06. The van der Waals surface area contributed by atoms with Crippen LogP contribution in [0.5, 0.6) is 0 Å². The van der Waals surface area contributed by atoms with Crippen LogP contribution < -0.4 is 11.1 Å². The van der Waals surface area contributed by atoms with Crippen LogP contribution in [0.4, 0.5) is 5.69 Å². The fraction of sp³-hybridized carbons (Fsp3) is 0.500. The highest BCUT2D eigenvalue weighted by Crippen LogP contribution is 2.32. The van der Waals surface area contributed by atoms with E-state index in [-0.39, 0.29) is 11.3 Å². The van der Waals surface area contributed by atoms with Crippen LogP contribution in [0.2, 0.25) is 5.02 Å². The van der Waals surface area contributed by atoms with Crippen molar-refractivity contribution in [1.82, 2.24) is 10.2 Å². The molecule has 0 radical (unpaired) electrons. The van der Waals surface area contributed by atoms with Crippen molar-refractivity contribution in [3.8, 4) is 0 Å². The summed E-state index contributed by atoms with van der Waals surface area (Å²) in [4.78, 5) is 14.1. The van der Waals surface area contributed by atoms with Crippen molar-refractivity contribution in [3.05, 3.63) is 28.8 Å². The average Bonchev–Trinajstić information content (AvgIpc) is 2.76. The van der Waals surface area contributed by atoms with E-state index in [9.17, 15) is 4.79 Å². The minimum Gasteiger partial charge on any atom is -0.399 e. The second kappa shape index (κ2) is 5.39. The number of hydrogen-bond donors (Lipinski definition) is 2. The van der Waals surface area contributed by atoms with Gasteiger partial charge in [-0.1, -0.05) is 11.6 Å². The molecule has 0 saturated carbocycles. The number of benzene rings is 1. The molecule has 0 bridgehead atoms. The molecule has 1 aromatic rings. The third-order valence-electron chi connectivity index (χ3n) is 3.79. The summed E-state index contributed by atoms with van der Waals surface area (Å²) in [6.07, 6.45) is 0.868. The van der Waals surface area contributed by atoms with Crippen LogP contribution in [0.15, 0.2) is 18.2 Å². The van der Waals surface area contributed by atoms with Crippen molar-refractivity contribution in [2.45, 2.75) is 19.9 Å². The van der Waals surface area contributed by atoms with E-state index in [0.717, 1.165) is 36.6 Å². The molecule has 1 atom stereocenters. The normalized spacial score (nSPS) is 23.5. The minimum atomic E-state index is -0.304. The van der Waals surface area contributed by atoms with E-state index in [1.807, 2.05) is 19.1 Å². The average molecular weight is 282 g/mol. The quantitative estimate of drug-likeness (QED) is 0.832. The Bertz CT molecular complexity index is 492. The van der Waals surface area contributed by atoms with E-state index in [0.29, 0.717) is 5.69 Å². The van der Waals surface area contributed by atoms with Gasteiger partial charge in [-0.25, -0.2) is 0 Å². The number of nitrogens with zero attached hydrogens (tertiary/aromatic N) is 1. The van der Waals surface area contributed by atoms with Gasteiger partial charge in [0.05, 0.1) is 5.41 Å². The summed E-state index contributed by atoms with van der Waals surface area (Å²) in [6, 6.07) is 5.52. The van der Waals surface area contributed by atoms with E-state index >= 15 is 0 Å². The second-order valence-corrected chi connectivity index (χ2v) is 5.86. The molecule has 104 valence electrons. The smallest absolute Gasteiger partial charge is 0.227 e. The Hall–Kier alpha value is -1.26. The van der Waals surface area contributed by atoms with Crippen molar-refractivity contribution in [3.63, 3.8) is 0 Å². The summed E-state index contributed by atoms with van der Waals surface area (Å²) in [6.45, 7) is 4.39. The van der Waals surface area contributed by atoms with E-state index in [4.69, 9.17) is 17.3 Å². The lowest BCUT2D eigenvalue weighted by Crippen LogP contribution is -2.39. The molecular weight excluding hydrogens is 262 g/mol. The van der Waals surface area contributed by atoms with Crippen LogP contribution in [0.25, 0.3) is 0 Å². The highest BCUT2D eigenvalue weighted by molar-refractivity contribution is 6.31. The highest BCUT2D eigenvalue weighted by Gasteiger charge is 2.39. The molecule has 3 N–H and O–H groups in total. The molecule has 0 aliphatic carbocycles. The number of halogens is 1. The number of rotatable bonds is 3. The van der Waals surface area contributed by atoms with Crippen LogP contribution in [0.3, 0.4) is 0 Å². The number of amides is 1. The molecule has 5 heteroatoms. The molecule has 1 saturated heterocycles. The first-order valence-corrected chi connectivity index (χ1v) is 6.81. The molecule has 1 aliphatic heterocycles. The maximum atomic E-state index is 11.9. The molecule has 0 aromatic heterocycles. The summed E-state index contributed by atoms with van der Waals surface area (Å²) in [5.74, 6) is 0.105. The lowest BCUT2D eigenvalue weighted by atomic mass is 9.89. The first-order chi connectivity index (χ1) is 8.94. The van der Waals surface area contributed by atoms with Crippen LogP contribution >= 0.6 is 11.6 Å². The number of anilines is 1. The maximum absolute atomic E-state index is 11.9. The monoisotopic (exact) mass is 281 g/mol. The van der Waals surface area contributed by atoms with E-state index in [1.165, 1.54) is 0 Å². The van der Waals surface area contributed by atoms with Crippen molar-refractivity contribution in [2.75, 3.05) is 25.9 Å². The zero-order chi connectivity index (χ0) is 14.0. The fourth-order valence-electron chi connectivity index (χ4n) is 2.64. The number of nitrogen functional groups attached to an aromatic ring is 1. The van der Waals surface area contributed by atoms with Gasteiger partial charge in [0, 0.05) is 30.8 Å². The van der Waals surface area contributed by atoms with Gasteiger partial charge >= 0.3 is 0 Å². The summed E-state index contributed by atoms with van der Waals surface area (Å²) < 4.78 is 0. The number of hydrogen-bond acceptors (Lipinski definition) is 3. The van der Waals surface area contributed by atoms with Gasteiger partial charge in [-0.3, -0.25) is 9.69 Å². The summed E-state index contributed by atoms with van der Waals surface area (Å²) in [7, 11) is 1.69. The van der Waals surface area contributed by atoms with Gasteiger partial charge < -0.3 is 11.1 Å². The van der Waals surface area contributed by atoms with Crippen molar-refractivity contribution in [1.29, 1.82) is 0 Å². The van der Waals surface area contributed by atoms with Gasteiger partial charge in [-0.15, -0.1) is 0 Å². The largest absolute Gasteiger partial charge is 0.399 e. The van der Waals surface area contributed by atoms with Gasteiger partial charge in [0.1, 0.15) is 0 Å². The standard InChI is InChI=1S/C14H20ClN3O/c1-14(13(19)17-2)5-6-18(9-14)8-10-7-11(16)3-4-12(10)15/h3-4,7H,5-6,8-9,16H2,1-2H3,(H,17,19). The predicted molar refractivity (Wildman–Crippen MR) is 77.9 cm³/mol. The van der Waals surface area contributed by atoms with Gasteiger partial charge in [0.25, 0.3) is 0 Å². The molecule has 4 nitrogen and oxygen atoms in total. The van der Waals surface area contributed by atoms with Gasteiger partial charge in [-0.2, -0.15) is 0 Å². The van der Waals surface area contributed by atoms with Crippen molar-refractivity contribution in [2.24, 2.45) is 5.41 Å². The van der Waals surface area contributed by atoms with E-state index in [1.54, 1.807) is 13.1 Å². The molecular formula is C14H20ClN3O. The SMILES string of the molecule is CNC(=O)C1(C)CCN(Cc2cc(N)ccc2Cl)C1. The summed E-state index contributed by atoms with van der Waals surface area (Å²) in [5, 5.41) is 3.47. The second-order valence-electron chi connectivity index (χ2n) is 5.45. The summed E-state index contributed by atoms with van der Waals surface area (Å²) >= 11 is 6.17. The Morgan fingerprint density at radius 1 is 1.58 bits per heavy atom. The van der Waals surface area contributed by atoms with Crippen LogP contribution in [0.1, 0.15) is 18.9 Å². The zero-order valence-electron chi connectivity index (χ0n) is 11.4. The highest BCUT2D eigenvalue weighted by atomic mass is 35.5. The molecule has 1 unspecified atom stereocenters. The number of likely N-dealkylation sites (tertiary alicyclic amines) is 1. The third-order valence-corrected chi connectivity index (χ3v) is 4.16. The number of carbonyl (C=O) groups is 1. The molecule has 0 spiro atoms. The van der Waals surface area contributed by atoms with Gasteiger partial charge in [0.2, 0.25) is 5.91 Å². The molecule has 2 rings (SSSR count). The van der Waals surface area contributed by atoms with Gasteiger partial charge in [-0.05, 0) is 43.7 Å². The van der Waals surface area contributed by atoms with Gasteiger partial charge in [0.15, 0.2) is 0 Å². The predicted octanol–water partition coefficient (Wildman–Crippen LogP) is 1.88. The Kier molecular flexibility index (Phi) is 4.02. The maximum Gasteiger partial charge on any atom is 0.227 e. The van der Waals surface area contributed by atoms with Crippen LogP contribution in [-0.2, 0) is 11.3 Å².